The van der Waals surface area contributed by atoms with E-state index in [-0.39, 0.29) is 0 Å². The molecule has 5 nitrogen and oxygen atoms in total. The largest absolute Gasteiger partial charge is 0.365 e. The quantitative estimate of drug-likeness (QED) is 0.759. The Hall–Kier alpha value is -1.91. The fourth-order valence-electron chi connectivity index (χ4n) is 2.37. The molecule has 0 fully saturated rings. The van der Waals surface area contributed by atoms with E-state index in [0.717, 1.165) is 30.7 Å². The summed E-state index contributed by atoms with van der Waals surface area (Å²) in [6.07, 6.45) is 4.65. The maximum Gasteiger partial charge on any atom is 0.254 e. The molecule has 82 valence electrons. The SMILES string of the molecule is Cc1c2c(nc3c(C(N)=O)cnn13)CCC2. The van der Waals surface area contributed by atoms with Gasteiger partial charge in [-0.1, -0.05) is 0 Å². The monoisotopic (exact) mass is 216 g/mol. The lowest BCUT2D eigenvalue weighted by atomic mass is 10.2. The van der Waals surface area contributed by atoms with Crippen molar-refractivity contribution in [3.8, 4) is 0 Å². The number of primary amides is 1. The Balaban J connectivity index is 2.39. The first-order chi connectivity index (χ1) is 7.68. The summed E-state index contributed by atoms with van der Waals surface area (Å²) < 4.78 is 1.71. The van der Waals surface area contributed by atoms with Gasteiger partial charge in [0.25, 0.3) is 5.91 Å². The summed E-state index contributed by atoms with van der Waals surface area (Å²) in [5, 5.41) is 4.17. The first-order valence-corrected chi connectivity index (χ1v) is 5.34. The van der Waals surface area contributed by atoms with Crippen molar-refractivity contribution in [1.29, 1.82) is 0 Å². The molecule has 0 aliphatic heterocycles. The molecule has 5 heteroatoms. The minimum atomic E-state index is -0.472. The molecule has 0 saturated carbocycles. The van der Waals surface area contributed by atoms with Crippen molar-refractivity contribution in [2.75, 3.05) is 0 Å². The zero-order valence-electron chi connectivity index (χ0n) is 9.03. The topological polar surface area (TPSA) is 73.3 Å². The van der Waals surface area contributed by atoms with Gasteiger partial charge in [-0.2, -0.15) is 5.10 Å². The molecular formula is C11H12N4O. The number of rotatable bonds is 1. The third-order valence-corrected chi connectivity index (χ3v) is 3.19. The maximum absolute atomic E-state index is 11.2. The number of nitrogens with two attached hydrogens (primary N) is 1. The lowest BCUT2D eigenvalue weighted by Crippen LogP contribution is -2.12. The van der Waals surface area contributed by atoms with Crippen molar-refractivity contribution in [2.45, 2.75) is 26.2 Å². The van der Waals surface area contributed by atoms with E-state index in [1.807, 2.05) is 6.92 Å². The molecular weight excluding hydrogens is 204 g/mol. The van der Waals surface area contributed by atoms with E-state index in [1.54, 1.807) is 4.52 Å². The van der Waals surface area contributed by atoms with E-state index >= 15 is 0 Å². The highest BCUT2D eigenvalue weighted by atomic mass is 16.1. The van der Waals surface area contributed by atoms with E-state index in [2.05, 4.69) is 10.1 Å². The second-order valence-corrected chi connectivity index (χ2v) is 4.13. The molecule has 0 unspecified atom stereocenters. The van der Waals surface area contributed by atoms with E-state index in [1.165, 1.54) is 11.8 Å². The van der Waals surface area contributed by atoms with Crippen molar-refractivity contribution in [3.63, 3.8) is 0 Å². The number of nitrogens with zero attached hydrogens (tertiary/aromatic N) is 3. The van der Waals surface area contributed by atoms with Crippen LogP contribution < -0.4 is 5.73 Å². The Bertz CT molecular complexity index is 600. The molecule has 0 radical (unpaired) electrons. The highest BCUT2D eigenvalue weighted by Gasteiger charge is 2.20. The summed E-state index contributed by atoms with van der Waals surface area (Å²) in [5.74, 6) is -0.472. The van der Waals surface area contributed by atoms with Crippen LogP contribution in [0.5, 0.6) is 0 Å². The van der Waals surface area contributed by atoms with Crippen LogP contribution >= 0.6 is 0 Å². The van der Waals surface area contributed by atoms with Crippen molar-refractivity contribution >= 4 is 11.6 Å². The fraction of sp³-hybridized carbons (Fsp3) is 0.364. The third-order valence-electron chi connectivity index (χ3n) is 3.19. The maximum atomic E-state index is 11.2. The molecule has 0 bridgehead atoms. The average molecular weight is 216 g/mol. The molecule has 0 saturated heterocycles. The second kappa shape index (κ2) is 3.04. The average Bonchev–Trinajstić information content (AvgIpc) is 2.83. The van der Waals surface area contributed by atoms with Gasteiger partial charge in [-0.3, -0.25) is 4.79 Å². The van der Waals surface area contributed by atoms with Crippen molar-refractivity contribution in [2.24, 2.45) is 5.73 Å². The Morgan fingerprint density at radius 3 is 3.06 bits per heavy atom. The minimum Gasteiger partial charge on any atom is -0.365 e. The van der Waals surface area contributed by atoms with Gasteiger partial charge < -0.3 is 5.73 Å². The predicted molar refractivity (Wildman–Crippen MR) is 58.3 cm³/mol. The number of amides is 1. The van der Waals surface area contributed by atoms with E-state index in [0.29, 0.717) is 11.2 Å². The van der Waals surface area contributed by atoms with Crippen LogP contribution in [0.25, 0.3) is 5.65 Å². The highest BCUT2D eigenvalue weighted by molar-refractivity contribution is 5.98. The second-order valence-electron chi connectivity index (χ2n) is 4.13. The molecule has 2 N–H and O–H groups in total. The smallest absolute Gasteiger partial charge is 0.254 e. The van der Waals surface area contributed by atoms with Crippen LogP contribution in [0.2, 0.25) is 0 Å². The summed E-state index contributed by atoms with van der Waals surface area (Å²) in [6.45, 7) is 2.01. The third kappa shape index (κ3) is 1.08. The van der Waals surface area contributed by atoms with Crippen molar-refractivity contribution in [3.05, 3.63) is 28.7 Å². The van der Waals surface area contributed by atoms with Crippen molar-refractivity contribution < 1.29 is 4.79 Å². The van der Waals surface area contributed by atoms with Crippen LogP contribution in [0.15, 0.2) is 6.20 Å². The fourth-order valence-corrected chi connectivity index (χ4v) is 2.37. The number of aromatic nitrogens is 3. The van der Waals surface area contributed by atoms with Crippen LogP contribution in [0.4, 0.5) is 0 Å². The Labute approximate surface area is 92.3 Å². The summed E-state index contributed by atoms with van der Waals surface area (Å²) in [7, 11) is 0. The van der Waals surface area contributed by atoms with Gasteiger partial charge in [0, 0.05) is 11.4 Å². The summed E-state index contributed by atoms with van der Waals surface area (Å²) in [5.41, 5.74) is 9.71. The zero-order chi connectivity index (χ0) is 11.3. The lowest BCUT2D eigenvalue weighted by molar-refractivity contribution is 0.100. The standard InChI is InChI=1S/C11H12N4O/c1-6-7-3-2-4-9(7)14-11-8(10(12)16)5-13-15(6)11/h5H,2-4H2,1H3,(H2,12,16). The van der Waals surface area contributed by atoms with Gasteiger partial charge in [0.2, 0.25) is 0 Å². The number of carbonyl (C=O) groups is 1. The Morgan fingerprint density at radius 2 is 2.31 bits per heavy atom. The van der Waals surface area contributed by atoms with Gasteiger partial charge >= 0.3 is 0 Å². The van der Waals surface area contributed by atoms with Gasteiger partial charge in [-0.05, 0) is 31.7 Å². The molecule has 3 rings (SSSR count). The van der Waals surface area contributed by atoms with Crippen LogP contribution in [0.3, 0.4) is 0 Å². The lowest BCUT2D eigenvalue weighted by Gasteiger charge is -2.06. The first kappa shape index (κ1) is 9.33. The van der Waals surface area contributed by atoms with Gasteiger partial charge in [0.05, 0.1) is 6.20 Å². The molecule has 1 aliphatic carbocycles. The van der Waals surface area contributed by atoms with Crippen LogP contribution in [-0.4, -0.2) is 20.5 Å². The number of aryl methyl sites for hydroxylation is 2. The Kier molecular flexibility index (Phi) is 1.77. The van der Waals surface area contributed by atoms with E-state index < -0.39 is 5.91 Å². The van der Waals surface area contributed by atoms with Crippen LogP contribution in [0, 0.1) is 6.92 Å². The van der Waals surface area contributed by atoms with Gasteiger partial charge in [0.15, 0.2) is 5.65 Å². The number of hydrogen-bond donors (Lipinski definition) is 1. The minimum absolute atomic E-state index is 0.401. The van der Waals surface area contributed by atoms with E-state index in [9.17, 15) is 4.79 Å². The molecule has 1 amide bonds. The molecule has 0 aromatic carbocycles. The normalized spacial score (nSPS) is 14.3. The summed E-state index contributed by atoms with van der Waals surface area (Å²) in [6, 6.07) is 0. The molecule has 2 heterocycles. The van der Waals surface area contributed by atoms with Gasteiger partial charge in [0.1, 0.15) is 5.56 Å². The summed E-state index contributed by atoms with van der Waals surface area (Å²) in [4.78, 5) is 15.7. The number of fused-ring (bicyclic) bond motifs is 2. The molecule has 0 spiro atoms. The number of carbonyl (C=O) groups excluding carboxylic acids is 1. The molecule has 2 aromatic heterocycles. The Morgan fingerprint density at radius 1 is 1.50 bits per heavy atom. The zero-order valence-corrected chi connectivity index (χ0v) is 9.03. The van der Waals surface area contributed by atoms with Gasteiger partial charge in [-0.25, -0.2) is 9.50 Å². The van der Waals surface area contributed by atoms with Crippen molar-refractivity contribution in [1.82, 2.24) is 14.6 Å². The van der Waals surface area contributed by atoms with Crippen LogP contribution in [0.1, 0.15) is 33.7 Å². The molecule has 16 heavy (non-hydrogen) atoms. The van der Waals surface area contributed by atoms with Gasteiger partial charge in [-0.15, -0.1) is 0 Å². The molecule has 1 aliphatic rings. The number of hydrogen-bond acceptors (Lipinski definition) is 3. The van der Waals surface area contributed by atoms with Crippen LogP contribution in [-0.2, 0) is 12.8 Å². The molecule has 0 atom stereocenters. The van der Waals surface area contributed by atoms with E-state index in [4.69, 9.17) is 5.73 Å². The molecule has 2 aromatic rings. The summed E-state index contributed by atoms with van der Waals surface area (Å²) >= 11 is 0. The predicted octanol–water partition coefficient (Wildman–Crippen LogP) is 0.625. The highest BCUT2D eigenvalue weighted by Crippen LogP contribution is 2.25. The first-order valence-electron chi connectivity index (χ1n) is 5.34.